The third-order valence-electron chi connectivity index (χ3n) is 6.69. The molecule has 5 rings (SSSR count). The van der Waals surface area contributed by atoms with Gasteiger partial charge in [-0.1, -0.05) is 18.6 Å². The molecular weight excluding hydrogens is 430 g/mol. The number of carbonyl (C=O) groups is 1. The van der Waals surface area contributed by atoms with Crippen molar-refractivity contribution in [1.82, 2.24) is 9.29 Å². The van der Waals surface area contributed by atoms with Crippen LogP contribution in [-0.4, -0.2) is 73.4 Å². The molecule has 1 aromatic heterocycles. The predicted octanol–water partition coefficient (Wildman–Crippen LogP) is 2.72. The molecule has 2 aromatic rings. The van der Waals surface area contributed by atoms with Gasteiger partial charge in [0.25, 0.3) is 0 Å². The largest absolute Gasteiger partial charge is 0.465 e. The Morgan fingerprint density at radius 1 is 0.938 bits per heavy atom. The van der Waals surface area contributed by atoms with Crippen molar-refractivity contribution in [3.05, 3.63) is 42.6 Å². The fraction of sp³-hybridized carbons (Fsp3) is 0.455. The highest BCUT2D eigenvalue weighted by molar-refractivity contribution is 7.89. The van der Waals surface area contributed by atoms with Gasteiger partial charge in [-0.05, 0) is 37.1 Å². The fourth-order valence-electron chi connectivity index (χ4n) is 4.60. The summed E-state index contributed by atoms with van der Waals surface area (Å²) < 4.78 is 26.9. The Labute approximate surface area is 187 Å². The Hall–Kier alpha value is -2.85. The number of fused-ring (bicyclic) bond motifs is 1. The molecule has 1 aliphatic carbocycles. The second kappa shape index (κ2) is 8.25. The van der Waals surface area contributed by atoms with Gasteiger partial charge in [-0.15, -0.1) is 0 Å². The van der Waals surface area contributed by atoms with E-state index in [2.05, 4.69) is 9.88 Å². The van der Waals surface area contributed by atoms with Crippen molar-refractivity contribution < 1.29 is 18.3 Å². The summed E-state index contributed by atoms with van der Waals surface area (Å²) >= 11 is 0. The molecular formula is C22H27N5O4S. The van der Waals surface area contributed by atoms with E-state index in [9.17, 15) is 18.3 Å². The lowest BCUT2D eigenvalue weighted by atomic mass is 10.0. The van der Waals surface area contributed by atoms with E-state index in [1.165, 1.54) is 4.90 Å². The summed E-state index contributed by atoms with van der Waals surface area (Å²) in [5, 5.41) is 9.30. The number of sulfonamides is 1. The zero-order chi connectivity index (χ0) is 22.3. The van der Waals surface area contributed by atoms with Crippen molar-refractivity contribution in [3.8, 4) is 0 Å². The number of amides is 1. The van der Waals surface area contributed by atoms with Gasteiger partial charge in [0, 0.05) is 39.3 Å². The number of benzene rings is 1. The molecule has 2 fully saturated rings. The van der Waals surface area contributed by atoms with E-state index in [1.807, 2.05) is 41.4 Å². The van der Waals surface area contributed by atoms with Crippen molar-refractivity contribution in [2.24, 2.45) is 0 Å². The Balaban J connectivity index is 1.28. The van der Waals surface area contributed by atoms with E-state index in [-0.39, 0.29) is 5.25 Å². The van der Waals surface area contributed by atoms with Gasteiger partial charge in [0.05, 0.1) is 28.5 Å². The Morgan fingerprint density at radius 3 is 2.25 bits per heavy atom. The first-order valence-electron chi connectivity index (χ1n) is 11.0. The molecule has 1 amide bonds. The van der Waals surface area contributed by atoms with Crippen LogP contribution in [0.2, 0.25) is 0 Å². The van der Waals surface area contributed by atoms with Gasteiger partial charge in [-0.25, -0.2) is 18.2 Å². The number of aromatic nitrogens is 1. The second-order valence-electron chi connectivity index (χ2n) is 8.43. The molecule has 0 atom stereocenters. The summed E-state index contributed by atoms with van der Waals surface area (Å²) in [5.41, 5.74) is 2.43. The molecule has 170 valence electrons. The average Bonchev–Trinajstić information content (AvgIpc) is 2.77. The van der Waals surface area contributed by atoms with Gasteiger partial charge in [0.15, 0.2) is 0 Å². The van der Waals surface area contributed by atoms with E-state index in [0.29, 0.717) is 45.0 Å². The lowest BCUT2D eigenvalue weighted by molar-refractivity contribution is 0.201. The highest BCUT2D eigenvalue weighted by Crippen LogP contribution is 2.37. The molecule has 1 N–H and O–H groups in total. The van der Waals surface area contributed by atoms with Crippen LogP contribution in [0.15, 0.2) is 42.6 Å². The predicted molar refractivity (Wildman–Crippen MR) is 123 cm³/mol. The summed E-state index contributed by atoms with van der Waals surface area (Å²) in [4.78, 5) is 21.8. The zero-order valence-corrected chi connectivity index (χ0v) is 18.6. The Morgan fingerprint density at radius 2 is 1.66 bits per heavy atom. The number of nitrogens with zero attached hydrogens (tertiary/aromatic N) is 5. The number of carboxylic acid groups (broad SMARTS) is 1. The van der Waals surface area contributed by atoms with Crippen LogP contribution in [0.4, 0.5) is 27.7 Å². The van der Waals surface area contributed by atoms with Crippen molar-refractivity contribution in [3.63, 3.8) is 0 Å². The van der Waals surface area contributed by atoms with E-state index >= 15 is 0 Å². The number of rotatable bonds is 4. The van der Waals surface area contributed by atoms with Crippen LogP contribution < -0.4 is 14.7 Å². The molecule has 0 bridgehead atoms. The maximum Gasteiger partial charge on any atom is 0.411 e. The van der Waals surface area contributed by atoms with Crippen LogP contribution in [0.1, 0.15) is 19.3 Å². The summed E-state index contributed by atoms with van der Waals surface area (Å²) in [6.45, 7) is 3.19. The molecule has 32 heavy (non-hydrogen) atoms. The van der Waals surface area contributed by atoms with Crippen molar-refractivity contribution in [1.29, 1.82) is 0 Å². The molecule has 10 heteroatoms. The van der Waals surface area contributed by atoms with Gasteiger partial charge < -0.3 is 14.9 Å². The maximum atomic E-state index is 12.6. The molecule has 3 aliphatic rings. The monoisotopic (exact) mass is 457 g/mol. The lowest BCUT2D eigenvalue weighted by Gasteiger charge is -2.39. The van der Waals surface area contributed by atoms with E-state index in [4.69, 9.17) is 0 Å². The molecule has 0 unspecified atom stereocenters. The van der Waals surface area contributed by atoms with Crippen LogP contribution >= 0.6 is 0 Å². The van der Waals surface area contributed by atoms with Gasteiger partial charge in [0.1, 0.15) is 5.82 Å². The maximum absolute atomic E-state index is 12.6. The second-order valence-corrected chi connectivity index (χ2v) is 10.6. The van der Waals surface area contributed by atoms with Gasteiger partial charge in [-0.3, -0.25) is 4.90 Å². The molecule has 1 saturated heterocycles. The summed E-state index contributed by atoms with van der Waals surface area (Å²) in [6, 6.07) is 11.4. The zero-order valence-electron chi connectivity index (χ0n) is 17.8. The highest BCUT2D eigenvalue weighted by Gasteiger charge is 2.37. The average molecular weight is 458 g/mol. The topological polar surface area (TPSA) is 97.3 Å². The minimum Gasteiger partial charge on any atom is -0.465 e. The highest BCUT2D eigenvalue weighted by atomic mass is 32.2. The van der Waals surface area contributed by atoms with Crippen LogP contribution in [0.3, 0.4) is 0 Å². The molecule has 1 saturated carbocycles. The number of pyridine rings is 1. The summed E-state index contributed by atoms with van der Waals surface area (Å²) in [6.07, 6.45) is 3.45. The molecule has 1 aromatic carbocycles. The lowest BCUT2D eigenvalue weighted by Crippen LogP contribution is -2.52. The number of hydrogen-bond donors (Lipinski definition) is 1. The Kier molecular flexibility index (Phi) is 5.42. The van der Waals surface area contributed by atoms with Gasteiger partial charge in [0.2, 0.25) is 10.0 Å². The smallest absolute Gasteiger partial charge is 0.411 e. The molecule has 0 spiro atoms. The van der Waals surface area contributed by atoms with Crippen LogP contribution in [-0.2, 0) is 10.0 Å². The van der Waals surface area contributed by atoms with Crippen LogP contribution in [0.25, 0.3) is 0 Å². The number of piperazine rings is 1. The standard InChI is InChI=1S/C22H27N5O4S/c28-22(29)27-15-14-26(19-6-1-2-7-20(19)27)21-9-8-17(16-23-21)24-10-12-25(13-11-24)32(30,31)18-4-3-5-18/h1-2,6-9,16,18H,3-5,10-15H2,(H,28,29). The summed E-state index contributed by atoms with van der Waals surface area (Å²) in [5.74, 6) is 0.762. The third kappa shape index (κ3) is 3.67. The Bertz CT molecular complexity index is 1100. The van der Waals surface area contributed by atoms with Crippen LogP contribution in [0, 0.1) is 0 Å². The third-order valence-corrected chi connectivity index (χ3v) is 9.09. The number of hydrogen-bond acceptors (Lipinski definition) is 6. The molecule has 2 aliphatic heterocycles. The minimum atomic E-state index is -3.15. The van der Waals surface area contributed by atoms with Gasteiger partial charge >= 0.3 is 6.09 Å². The first-order chi connectivity index (χ1) is 15.4. The first kappa shape index (κ1) is 21.0. The van der Waals surface area contributed by atoms with E-state index in [1.54, 1.807) is 10.4 Å². The van der Waals surface area contributed by atoms with Crippen molar-refractivity contribution in [2.45, 2.75) is 24.5 Å². The van der Waals surface area contributed by atoms with Crippen molar-refractivity contribution in [2.75, 3.05) is 54.0 Å². The first-order valence-corrected chi connectivity index (χ1v) is 12.5. The van der Waals surface area contributed by atoms with Crippen LogP contribution in [0.5, 0.6) is 0 Å². The SMILES string of the molecule is O=C(O)N1CCN(c2ccc(N3CCN(S(=O)(=O)C4CCC4)CC3)cn2)c2ccccc21. The fourth-order valence-corrected chi connectivity index (χ4v) is 6.63. The number of anilines is 4. The molecule has 0 radical (unpaired) electrons. The van der Waals surface area contributed by atoms with E-state index in [0.717, 1.165) is 36.5 Å². The summed E-state index contributed by atoms with van der Waals surface area (Å²) in [7, 11) is -3.15. The van der Waals surface area contributed by atoms with Crippen molar-refractivity contribution >= 4 is 39.0 Å². The van der Waals surface area contributed by atoms with E-state index < -0.39 is 16.1 Å². The van der Waals surface area contributed by atoms with Gasteiger partial charge in [-0.2, -0.15) is 4.31 Å². The normalized spacial score (nSPS) is 20.1. The molecule has 3 heterocycles. The molecule has 9 nitrogen and oxygen atoms in total. The quantitative estimate of drug-likeness (QED) is 0.754. The number of para-hydroxylation sites is 2. The minimum absolute atomic E-state index is 0.181.